The summed E-state index contributed by atoms with van der Waals surface area (Å²) in [5, 5.41) is 19.3. The fourth-order valence-electron chi connectivity index (χ4n) is 1.55. The third-order valence-corrected chi connectivity index (χ3v) is 4.61. The number of hydrogen-bond donors (Lipinski definition) is 2. The summed E-state index contributed by atoms with van der Waals surface area (Å²) < 4.78 is 0.514. The van der Waals surface area contributed by atoms with Crippen molar-refractivity contribution in [2.24, 2.45) is 0 Å². The number of nitrogens with zero attached hydrogens (tertiary/aromatic N) is 2. The molecule has 0 spiro atoms. The number of nitrogens with one attached hydrogen (secondary N) is 1. The molecule has 0 bridgehead atoms. The highest BCUT2D eigenvalue weighted by Gasteiger charge is 2.17. The first kappa shape index (κ1) is 15.5. The molecule has 0 aliphatic heterocycles. The molecule has 1 unspecified atom stereocenters. The number of thioether (sulfide) groups is 1. The van der Waals surface area contributed by atoms with Crippen LogP contribution in [0.5, 0.6) is 0 Å². The summed E-state index contributed by atoms with van der Waals surface area (Å²) in [6.45, 7) is 1.81. The molecule has 6 nitrogen and oxygen atoms in total. The number of carbonyl (C=O) groups is 2. The summed E-state index contributed by atoms with van der Waals surface area (Å²) in [5.74, 6) is -1.47. The zero-order valence-corrected chi connectivity index (χ0v) is 12.8. The van der Waals surface area contributed by atoms with Crippen LogP contribution in [0.3, 0.4) is 0 Å². The topological polar surface area (TPSA) is 92.2 Å². The lowest BCUT2D eigenvalue weighted by Crippen LogP contribution is -2.18. The lowest BCUT2D eigenvalue weighted by atomic mass is 10.0. The maximum atomic E-state index is 12.1. The Morgan fingerprint density at radius 1 is 1.33 bits per heavy atom. The van der Waals surface area contributed by atoms with E-state index in [9.17, 15) is 9.59 Å². The molecule has 1 aromatic heterocycles. The lowest BCUT2D eigenvalue weighted by Gasteiger charge is -2.10. The zero-order chi connectivity index (χ0) is 15.2. The van der Waals surface area contributed by atoms with Gasteiger partial charge in [0.05, 0.1) is 11.7 Å². The van der Waals surface area contributed by atoms with Gasteiger partial charge in [0.15, 0.2) is 4.34 Å². The van der Waals surface area contributed by atoms with Crippen LogP contribution in [0.2, 0.25) is 0 Å². The van der Waals surface area contributed by atoms with Gasteiger partial charge in [-0.2, -0.15) is 0 Å². The Labute approximate surface area is 129 Å². The number of carbonyl (C=O) groups excluding carboxylic acids is 1. The Hall–Kier alpha value is -1.93. The van der Waals surface area contributed by atoms with Gasteiger partial charge in [-0.1, -0.05) is 53.4 Å². The van der Waals surface area contributed by atoms with Crippen LogP contribution in [0.15, 0.2) is 34.7 Å². The Bertz CT molecular complexity index is 631. The molecule has 0 saturated carbocycles. The number of aliphatic carboxylic acids is 1. The molecule has 110 valence electrons. The van der Waals surface area contributed by atoms with E-state index >= 15 is 0 Å². The minimum absolute atomic E-state index is 0.0804. The minimum atomic E-state index is -0.918. The Kier molecular flexibility index (Phi) is 5.29. The molecule has 0 radical (unpaired) electrons. The second-order valence-corrected chi connectivity index (χ2v) is 6.38. The molecule has 0 aliphatic rings. The number of benzene rings is 1. The first-order valence-corrected chi connectivity index (χ1v) is 7.90. The van der Waals surface area contributed by atoms with Gasteiger partial charge < -0.3 is 5.11 Å². The Morgan fingerprint density at radius 3 is 2.71 bits per heavy atom. The van der Waals surface area contributed by atoms with E-state index in [4.69, 9.17) is 5.11 Å². The fourth-order valence-corrected chi connectivity index (χ4v) is 3.02. The summed E-state index contributed by atoms with van der Waals surface area (Å²) in [6.07, 6.45) is 0. The van der Waals surface area contributed by atoms with Crippen LogP contribution in [-0.4, -0.2) is 32.9 Å². The van der Waals surface area contributed by atoms with E-state index in [1.165, 1.54) is 0 Å². The van der Waals surface area contributed by atoms with Crippen molar-refractivity contribution in [2.75, 3.05) is 11.1 Å². The molecule has 2 aromatic rings. The largest absolute Gasteiger partial charge is 0.481 e. The molecule has 1 amide bonds. The van der Waals surface area contributed by atoms with Gasteiger partial charge in [-0.05, 0) is 12.5 Å². The first-order valence-electron chi connectivity index (χ1n) is 6.10. The van der Waals surface area contributed by atoms with E-state index in [-0.39, 0.29) is 17.6 Å². The summed E-state index contributed by atoms with van der Waals surface area (Å²) in [7, 11) is 0. The first-order chi connectivity index (χ1) is 10.1. The minimum Gasteiger partial charge on any atom is -0.481 e. The summed E-state index contributed by atoms with van der Waals surface area (Å²) in [6, 6.07) is 9.43. The molecular weight excluding hydrogens is 310 g/mol. The summed E-state index contributed by atoms with van der Waals surface area (Å²) in [4.78, 5) is 22.6. The van der Waals surface area contributed by atoms with Crippen molar-refractivity contribution < 1.29 is 14.7 Å². The number of amides is 1. The van der Waals surface area contributed by atoms with Crippen molar-refractivity contribution in [3.8, 4) is 0 Å². The number of hydrogen-bond acceptors (Lipinski definition) is 6. The second-order valence-electron chi connectivity index (χ2n) is 4.18. The molecule has 0 saturated heterocycles. The fraction of sp³-hybridized carbons (Fsp3) is 0.231. The highest BCUT2D eigenvalue weighted by molar-refractivity contribution is 8.01. The summed E-state index contributed by atoms with van der Waals surface area (Å²) in [5.41, 5.74) is 0.917. The molecule has 2 N–H and O–H groups in total. The quantitative estimate of drug-likeness (QED) is 0.626. The van der Waals surface area contributed by atoms with E-state index in [2.05, 4.69) is 15.5 Å². The maximum Gasteiger partial charge on any atom is 0.313 e. The van der Waals surface area contributed by atoms with Gasteiger partial charge in [0.2, 0.25) is 11.0 Å². The van der Waals surface area contributed by atoms with E-state index < -0.39 is 5.97 Å². The summed E-state index contributed by atoms with van der Waals surface area (Å²) >= 11 is 2.24. The van der Waals surface area contributed by atoms with Crippen molar-refractivity contribution >= 4 is 40.1 Å². The lowest BCUT2D eigenvalue weighted by molar-refractivity contribution is -0.133. The van der Waals surface area contributed by atoms with E-state index in [1.54, 1.807) is 0 Å². The van der Waals surface area contributed by atoms with Crippen molar-refractivity contribution in [3.05, 3.63) is 35.9 Å². The molecule has 0 fully saturated rings. The Balaban J connectivity index is 1.95. The molecule has 2 rings (SSSR count). The van der Waals surface area contributed by atoms with Gasteiger partial charge in [0.1, 0.15) is 0 Å². The number of carboxylic acids is 1. The van der Waals surface area contributed by atoms with Gasteiger partial charge in [0.25, 0.3) is 0 Å². The van der Waals surface area contributed by atoms with Crippen molar-refractivity contribution in [2.45, 2.75) is 17.2 Å². The van der Waals surface area contributed by atoms with Crippen LogP contribution in [0, 0.1) is 0 Å². The average Bonchev–Trinajstić information content (AvgIpc) is 2.92. The van der Waals surface area contributed by atoms with Crippen LogP contribution < -0.4 is 5.32 Å². The van der Waals surface area contributed by atoms with Crippen LogP contribution >= 0.6 is 23.1 Å². The molecule has 0 aliphatic carbocycles. The third-order valence-electron chi connectivity index (χ3n) is 2.65. The van der Waals surface area contributed by atoms with E-state index in [1.807, 2.05) is 37.3 Å². The van der Waals surface area contributed by atoms with Crippen LogP contribution in [0.4, 0.5) is 5.13 Å². The van der Waals surface area contributed by atoms with Crippen molar-refractivity contribution in [3.63, 3.8) is 0 Å². The maximum absolute atomic E-state index is 12.1. The number of anilines is 1. The highest BCUT2D eigenvalue weighted by atomic mass is 32.2. The van der Waals surface area contributed by atoms with Crippen molar-refractivity contribution in [1.29, 1.82) is 0 Å². The highest BCUT2D eigenvalue weighted by Crippen LogP contribution is 2.26. The van der Waals surface area contributed by atoms with Gasteiger partial charge in [-0.3, -0.25) is 14.9 Å². The monoisotopic (exact) mass is 323 g/mol. The normalized spacial score (nSPS) is 11.9. The molecule has 8 heteroatoms. The standard InChI is InChI=1S/C13H13N3O3S2/c1-8(9-5-3-2-4-6-9)11(19)14-12-15-16-13(21-12)20-7-10(17)18/h2-6,8H,7H2,1H3,(H,17,18)(H,14,15,19). The van der Waals surface area contributed by atoms with E-state index in [0.29, 0.717) is 9.47 Å². The van der Waals surface area contributed by atoms with Crippen molar-refractivity contribution in [1.82, 2.24) is 10.2 Å². The van der Waals surface area contributed by atoms with Gasteiger partial charge in [-0.15, -0.1) is 10.2 Å². The predicted molar refractivity (Wildman–Crippen MR) is 81.8 cm³/mol. The third kappa shape index (κ3) is 4.54. The van der Waals surface area contributed by atoms with Gasteiger partial charge in [-0.25, -0.2) is 0 Å². The zero-order valence-electron chi connectivity index (χ0n) is 11.1. The molecule has 1 aromatic carbocycles. The predicted octanol–water partition coefficient (Wildman–Crippen LogP) is 2.46. The molecule has 1 heterocycles. The molecular formula is C13H13N3O3S2. The second kappa shape index (κ2) is 7.19. The Morgan fingerprint density at radius 2 is 2.05 bits per heavy atom. The molecule has 1 atom stereocenters. The SMILES string of the molecule is CC(C(=O)Nc1nnc(SCC(=O)O)s1)c1ccccc1. The van der Waals surface area contributed by atoms with Gasteiger partial charge >= 0.3 is 5.97 Å². The van der Waals surface area contributed by atoms with E-state index in [0.717, 1.165) is 28.7 Å². The smallest absolute Gasteiger partial charge is 0.313 e. The van der Waals surface area contributed by atoms with Gasteiger partial charge in [0, 0.05) is 0 Å². The molecule has 21 heavy (non-hydrogen) atoms. The number of aromatic nitrogens is 2. The van der Waals surface area contributed by atoms with Crippen LogP contribution in [0.25, 0.3) is 0 Å². The number of carboxylic acid groups (broad SMARTS) is 1. The number of rotatable bonds is 6. The van der Waals surface area contributed by atoms with Crippen LogP contribution in [-0.2, 0) is 9.59 Å². The average molecular weight is 323 g/mol. The van der Waals surface area contributed by atoms with Crippen LogP contribution in [0.1, 0.15) is 18.4 Å².